The molecular formula is C24H35NO5S. The number of methoxy groups -OCH3 is 1. The quantitative estimate of drug-likeness (QED) is 0.474. The van der Waals surface area contributed by atoms with Crippen LogP contribution >= 0.6 is 11.3 Å². The summed E-state index contributed by atoms with van der Waals surface area (Å²) in [6, 6.07) is 2.03. The molecule has 3 fully saturated rings. The van der Waals surface area contributed by atoms with Gasteiger partial charge in [0, 0.05) is 29.7 Å². The summed E-state index contributed by atoms with van der Waals surface area (Å²) in [5.74, 6) is 0.0250. The number of rotatable bonds is 4. The van der Waals surface area contributed by atoms with Crippen molar-refractivity contribution in [1.29, 1.82) is 0 Å². The van der Waals surface area contributed by atoms with E-state index in [1.807, 2.05) is 17.9 Å². The zero-order valence-corrected chi connectivity index (χ0v) is 19.8. The Labute approximate surface area is 189 Å². The van der Waals surface area contributed by atoms with Gasteiger partial charge in [-0.2, -0.15) is 0 Å². The van der Waals surface area contributed by atoms with Crippen molar-refractivity contribution < 1.29 is 23.8 Å². The lowest BCUT2D eigenvalue weighted by Gasteiger charge is -2.41. The summed E-state index contributed by atoms with van der Waals surface area (Å²) in [5.41, 5.74) is 0.728. The minimum Gasteiger partial charge on any atom is -0.465 e. The van der Waals surface area contributed by atoms with E-state index in [9.17, 15) is 9.59 Å². The Balaban J connectivity index is 1.63. The van der Waals surface area contributed by atoms with Crippen LogP contribution in [0.2, 0.25) is 0 Å². The first-order chi connectivity index (χ1) is 14.9. The highest BCUT2D eigenvalue weighted by atomic mass is 32.1. The summed E-state index contributed by atoms with van der Waals surface area (Å²) in [6.07, 6.45) is 8.40. The van der Waals surface area contributed by atoms with Gasteiger partial charge in [0.25, 0.3) is 0 Å². The molecule has 1 aromatic rings. The van der Waals surface area contributed by atoms with E-state index in [2.05, 4.69) is 6.92 Å². The van der Waals surface area contributed by atoms with Crippen molar-refractivity contribution in [3.05, 3.63) is 15.8 Å². The standard InChI is InChI=1S/C24H35NO5S/c1-16-5-4-6-18(8-7-16)22(26)25(20-15-17(2)31-21(20)23(27)28-3)19-9-11-24(12-10-19)29-13-14-30-24/h15-16,18-19H,4-14H2,1-3H3. The highest BCUT2D eigenvalue weighted by Gasteiger charge is 2.44. The SMILES string of the molecule is COC(=O)c1sc(C)cc1N(C(=O)C1CCCC(C)CC1)C1CCC2(CC1)OCCO2. The third-order valence-corrected chi connectivity index (χ3v) is 8.23. The van der Waals surface area contributed by atoms with Gasteiger partial charge in [0.1, 0.15) is 4.88 Å². The molecule has 1 amide bonds. The Hall–Kier alpha value is -1.44. The van der Waals surface area contributed by atoms with Gasteiger partial charge in [-0.3, -0.25) is 4.79 Å². The average Bonchev–Trinajstić information content (AvgIpc) is 3.31. The van der Waals surface area contributed by atoms with E-state index in [-0.39, 0.29) is 23.8 Å². The van der Waals surface area contributed by atoms with Crippen LogP contribution in [-0.4, -0.2) is 44.0 Å². The highest BCUT2D eigenvalue weighted by Crippen LogP contribution is 2.42. The molecule has 172 valence electrons. The normalized spacial score (nSPS) is 26.5. The summed E-state index contributed by atoms with van der Waals surface area (Å²) >= 11 is 1.41. The number of hydrogen-bond acceptors (Lipinski definition) is 6. The molecule has 1 saturated heterocycles. The minimum atomic E-state index is -0.474. The third kappa shape index (κ3) is 4.83. The average molecular weight is 450 g/mol. The molecular weight excluding hydrogens is 414 g/mol. The van der Waals surface area contributed by atoms with E-state index in [0.717, 1.165) is 61.9 Å². The van der Waals surface area contributed by atoms with Crippen molar-refractivity contribution >= 4 is 28.9 Å². The van der Waals surface area contributed by atoms with Crippen LogP contribution in [-0.2, 0) is 19.0 Å². The van der Waals surface area contributed by atoms with Crippen LogP contribution in [0.5, 0.6) is 0 Å². The molecule has 3 aliphatic rings. The number of esters is 1. The fourth-order valence-corrected chi connectivity index (χ4v) is 6.35. The lowest BCUT2D eigenvalue weighted by atomic mass is 9.87. The molecule has 0 aromatic carbocycles. The van der Waals surface area contributed by atoms with E-state index in [4.69, 9.17) is 14.2 Å². The molecule has 1 spiro atoms. The first-order valence-electron chi connectivity index (χ1n) is 11.7. The maximum absolute atomic E-state index is 14.0. The van der Waals surface area contributed by atoms with Crippen LogP contribution in [0.25, 0.3) is 0 Å². The Morgan fingerprint density at radius 3 is 2.48 bits per heavy atom. The molecule has 0 N–H and O–H groups in total. The van der Waals surface area contributed by atoms with Gasteiger partial charge < -0.3 is 19.1 Å². The monoisotopic (exact) mass is 449 g/mol. The van der Waals surface area contributed by atoms with Crippen molar-refractivity contribution in [1.82, 2.24) is 0 Å². The third-order valence-electron chi connectivity index (χ3n) is 7.21. The molecule has 2 heterocycles. The second kappa shape index (κ2) is 9.59. The molecule has 31 heavy (non-hydrogen) atoms. The zero-order valence-electron chi connectivity index (χ0n) is 19.0. The van der Waals surface area contributed by atoms with Crippen LogP contribution in [0, 0.1) is 18.8 Å². The lowest BCUT2D eigenvalue weighted by molar-refractivity contribution is -0.179. The molecule has 7 heteroatoms. The largest absolute Gasteiger partial charge is 0.465 e. The molecule has 1 aliphatic heterocycles. The lowest BCUT2D eigenvalue weighted by Crippen LogP contribution is -2.49. The number of amides is 1. The summed E-state index contributed by atoms with van der Waals surface area (Å²) in [6.45, 7) is 5.55. The summed E-state index contributed by atoms with van der Waals surface area (Å²) < 4.78 is 16.9. The van der Waals surface area contributed by atoms with Gasteiger partial charge in [0.15, 0.2) is 5.79 Å². The van der Waals surface area contributed by atoms with E-state index in [0.29, 0.717) is 24.0 Å². The number of aryl methyl sites for hydroxylation is 1. The zero-order chi connectivity index (χ0) is 22.0. The summed E-state index contributed by atoms with van der Waals surface area (Å²) in [5, 5.41) is 0. The van der Waals surface area contributed by atoms with Gasteiger partial charge in [0.05, 0.1) is 26.0 Å². The Morgan fingerprint density at radius 1 is 1.10 bits per heavy atom. The maximum atomic E-state index is 14.0. The smallest absolute Gasteiger partial charge is 0.350 e. The number of nitrogens with zero attached hydrogens (tertiary/aromatic N) is 1. The Bertz CT molecular complexity index is 790. The maximum Gasteiger partial charge on any atom is 0.350 e. The topological polar surface area (TPSA) is 65.1 Å². The number of carbonyl (C=O) groups excluding carboxylic acids is 2. The summed E-state index contributed by atoms with van der Waals surface area (Å²) in [4.78, 5) is 30.0. The Kier molecular flexibility index (Phi) is 7.04. The molecule has 6 nitrogen and oxygen atoms in total. The van der Waals surface area contributed by atoms with Gasteiger partial charge in [-0.15, -0.1) is 11.3 Å². The van der Waals surface area contributed by atoms with Crippen molar-refractivity contribution in [3.63, 3.8) is 0 Å². The van der Waals surface area contributed by atoms with E-state index >= 15 is 0 Å². The Morgan fingerprint density at radius 2 is 1.81 bits per heavy atom. The van der Waals surface area contributed by atoms with Crippen LogP contribution in [0.1, 0.15) is 79.3 Å². The van der Waals surface area contributed by atoms with E-state index in [1.54, 1.807) is 0 Å². The number of ether oxygens (including phenoxy) is 3. The molecule has 2 atom stereocenters. The molecule has 2 aliphatic carbocycles. The predicted molar refractivity (Wildman–Crippen MR) is 121 cm³/mol. The van der Waals surface area contributed by atoms with E-state index in [1.165, 1.54) is 24.9 Å². The van der Waals surface area contributed by atoms with Crippen molar-refractivity contribution in [3.8, 4) is 0 Å². The van der Waals surface area contributed by atoms with E-state index < -0.39 is 5.79 Å². The molecule has 4 rings (SSSR count). The van der Waals surface area contributed by atoms with Crippen molar-refractivity contribution in [2.24, 2.45) is 11.8 Å². The number of anilines is 1. The number of thiophene rings is 1. The molecule has 1 aromatic heterocycles. The van der Waals surface area contributed by atoms with Gasteiger partial charge in [-0.25, -0.2) is 4.79 Å². The fraction of sp³-hybridized carbons (Fsp3) is 0.750. The number of carbonyl (C=O) groups is 2. The van der Waals surface area contributed by atoms with Gasteiger partial charge in [-0.05, 0) is 51.0 Å². The summed E-state index contributed by atoms with van der Waals surface area (Å²) in [7, 11) is 1.40. The van der Waals surface area contributed by atoms with Crippen LogP contribution in [0.4, 0.5) is 5.69 Å². The molecule has 0 bridgehead atoms. The fourth-order valence-electron chi connectivity index (χ4n) is 5.43. The predicted octanol–water partition coefficient (Wildman–Crippen LogP) is 5.08. The molecule has 2 saturated carbocycles. The first kappa shape index (κ1) is 22.7. The van der Waals surface area contributed by atoms with Gasteiger partial charge >= 0.3 is 5.97 Å². The first-order valence-corrected chi connectivity index (χ1v) is 12.5. The van der Waals surface area contributed by atoms with Gasteiger partial charge in [-0.1, -0.05) is 19.8 Å². The highest BCUT2D eigenvalue weighted by molar-refractivity contribution is 7.14. The second-order valence-electron chi connectivity index (χ2n) is 9.42. The van der Waals surface area contributed by atoms with Crippen LogP contribution in [0.15, 0.2) is 6.07 Å². The van der Waals surface area contributed by atoms with Crippen molar-refractivity contribution in [2.45, 2.75) is 83.5 Å². The van der Waals surface area contributed by atoms with Crippen LogP contribution in [0.3, 0.4) is 0 Å². The van der Waals surface area contributed by atoms with Crippen molar-refractivity contribution in [2.75, 3.05) is 25.2 Å². The minimum absolute atomic E-state index is 0.0190. The van der Waals surface area contributed by atoms with Gasteiger partial charge in [0.2, 0.25) is 5.91 Å². The number of hydrogen-bond donors (Lipinski definition) is 0. The molecule has 2 unspecified atom stereocenters. The molecule has 0 radical (unpaired) electrons. The second-order valence-corrected chi connectivity index (χ2v) is 10.7. The van der Waals surface area contributed by atoms with Crippen LogP contribution < -0.4 is 4.90 Å².